The van der Waals surface area contributed by atoms with Crippen molar-refractivity contribution in [1.29, 1.82) is 5.26 Å². The van der Waals surface area contributed by atoms with Crippen LogP contribution in [0, 0.1) is 11.3 Å². The molecule has 1 aliphatic rings. The van der Waals surface area contributed by atoms with Crippen LogP contribution in [0.25, 0.3) is 0 Å². The fraction of sp³-hybridized carbons (Fsp3) is 0.286. The number of hydrogen-bond acceptors (Lipinski definition) is 6. The third kappa shape index (κ3) is 5.10. The minimum Gasteiger partial charge on any atom is -0.489 e. The van der Waals surface area contributed by atoms with Crippen molar-refractivity contribution < 1.29 is 19.4 Å². The molecule has 1 atom stereocenters. The number of urea groups is 1. The Morgan fingerprint density at radius 1 is 1.14 bits per heavy atom. The summed E-state index contributed by atoms with van der Waals surface area (Å²) in [5, 5.41) is 22.1. The third-order valence-corrected chi connectivity index (χ3v) is 4.43. The summed E-state index contributed by atoms with van der Waals surface area (Å²) in [5.74, 6) is 0.169. The molecule has 1 aliphatic heterocycles. The van der Waals surface area contributed by atoms with Gasteiger partial charge in [0.15, 0.2) is 0 Å². The van der Waals surface area contributed by atoms with Gasteiger partial charge in [0.25, 0.3) is 5.91 Å². The number of nitriles is 1. The number of carbonyl (C=O) groups excluding carboxylic acids is 2. The van der Waals surface area contributed by atoms with E-state index in [0.29, 0.717) is 30.1 Å². The topological polar surface area (TPSA) is 106 Å². The highest BCUT2D eigenvalue weighted by molar-refractivity contribution is 6.19. The predicted molar refractivity (Wildman–Crippen MR) is 106 cm³/mol. The van der Waals surface area contributed by atoms with Crippen LogP contribution in [0.15, 0.2) is 54.6 Å². The van der Waals surface area contributed by atoms with Crippen molar-refractivity contribution in [2.45, 2.75) is 6.10 Å². The summed E-state index contributed by atoms with van der Waals surface area (Å²) in [6.07, 6.45) is -0.779. The quantitative estimate of drug-likeness (QED) is 0.491. The molecule has 3 amide bonds. The summed E-state index contributed by atoms with van der Waals surface area (Å²) in [7, 11) is 0. The zero-order valence-corrected chi connectivity index (χ0v) is 15.8. The van der Waals surface area contributed by atoms with Crippen LogP contribution in [0.3, 0.4) is 0 Å². The summed E-state index contributed by atoms with van der Waals surface area (Å²) in [6.45, 7) is 1.10. The van der Waals surface area contributed by atoms with Gasteiger partial charge in [-0.05, 0) is 24.3 Å². The molecule has 1 fully saturated rings. The number of ether oxygens (including phenoxy) is 1. The average Bonchev–Trinajstić information content (AvgIpc) is 3.03. The van der Waals surface area contributed by atoms with E-state index in [2.05, 4.69) is 5.32 Å². The van der Waals surface area contributed by atoms with Gasteiger partial charge in [-0.15, -0.1) is 0 Å². The normalized spacial score (nSPS) is 14.8. The molecule has 0 saturated carbocycles. The lowest BCUT2D eigenvalue weighted by atomic mass is 10.2. The van der Waals surface area contributed by atoms with Crippen LogP contribution in [0.1, 0.15) is 5.56 Å². The molecule has 1 heterocycles. The van der Waals surface area contributed by atoms with E-state index in [9.17, 15) is 14.7 Å². The highest BCUT2D eigenvalue weighted by Gasteiger charge is 2.36. The number of carbonyl (C=O) groups is 2. The first-order valence-corrected chi connectivity index (χ1v) is 9.27. The van der Waals surface area contributed by atoms with E-state index in [-0.39, 0.29) is 31.6 Å². The van der Waals surface area contributed by atoms with Gasteiger partial charge in [-0.25, -0.2) is 9.69 Å². The molecule has 0 aliphatic carbocycles. The van der Waals surface area contributed by atoms with Crippen molar-refractivity contribution in [3.8, 4) is 11.8 Å². The van der Waals surface area contributed by atoms with Crippen LogP contribution in [0.4, 0.5) is 10.5 Å². The average molecular weight is 394 g/mol. The Labute approximate surface area is 168 Å². The zero-order chi connectivity index (χ0) is 20.6. The standard InChI is InChI=1S/C21H22N4O4/c22-12-16-6-4-5-9-19(16)29-15-18(26)13-23-10-11-24-14-20(27)25(21(24)28)17-7-2-1-3-8-17/h1-9,18,23,26H,10-11,13-15H2. The number of aliphatic hydroxyl groups excluding tert-OH is 1. The molecule has 0 bridgehead atoms. The molecule has 0 aromatic heterocycles. The number of aliphatic hydroxyl groups is 1. The second-order valence-corrected chi connectivity index (χ2v) is 6.55. The molecule has 2 aromatic carbocycles. The van der Waals surface area contributed by atoms with Crippen molar-refractivity contribution in [2.75, 3.05) is 37.7 Å². The molecular formula is C21H22N4O4. The summed E-state index contributed by atoms with van der Waals surface area (Å²) >= 11 is 0. The molecule has 150 valence electrons. The zero-order valence-electron chi connectivity index (χ0n) is 15.8. The number of anilines is 1. The fourth-order valence-electron chi connectivity index (χ4n) is 2.97. The Bertz CT molecular complexity index is 897. The van der Waals surface area contributed by atoms with Crippen LogP contribution in [-0.2, 0) is 4.79 Å². The van der Waals surface area contributed by atoms with Gasteiger partial charge in [-0.1, -0.05) is 30.3 Å². The van der Waals surface area contributed by atoms with Gasteiger partial charge in [0.1, 0.15) is 31.1 Å². The molecule has 2 N–H and O–H groups in total. The van der Waals surface area contributed by atoms with Gasteiger partial charge in [-0.3, -0.25) is 4.79 Å². The highest BCUT2D eigenvalue weighted by atomic mass is 16.5. The number of para-hydroxylation sites is 2. The molecule has 29 heavy (non-hydrogen) atoms. The molecule has 8 heteroatoms. The molecule has 0 spiro atoms. The van der Waals surface area contributed by atoms with Crippen molar-refractivity contribution in [3.05, 3.63) is 60.2 Å². The van der Waals surface area contributed by atoms with Gasteiger partial charge < -0.3 is 20.1 Å². The lowest BCUT2D eigenvalue weighted by Gasteiger charge is -2.18. The Balaban J connectivity index is 1.40. The molecule has 8 nitrogen and oxygen atoms in total. The maximum absolute atomic E-state index is 12.5. The van der Waals surface area contributed by atoms with E-state index in [1.807, 2.05) is 12.1 Å². The molecule has 0 radical (unpaired) electrons. The molecule has 1 saturated heterocycles. The number of amides is 3. The smallest absolute Gasteiger partial charge is 0.331 e. The number of imide groups is 1. The largest absolute Gasteiger partial charge is 0.489 e. The van der Waals surface area contributed by atoms with E-state index in [4.69, 9.17) is 10.00 Å². The van der Waals surface area contributed by atoms with E-state index in [0.717, 1.165) is 0 Å². The van der Waals surface area contributed by atoms with E-state index < -0.39 is 6.10 Å². The molecular weight excluding hydrogens is 372 g/mol. The first-order chi connectivity index (χ1) is 14.1. The summed E-state index contributed by atoms with van der Waals surface area (Å²) in [4.78, 5) is 27.3. The minimum atomic E-state index is -0.779. The Hall–Kier alpha value is -3.41. The van der Waals surface area contributed by atoms with Crippen LogP contribution in [0.2, 0.25) is 0 Å². The fourth-order valence-corrected chi connectivity index (χ4v) is 2.97. The van der Waals surface area contributed by atoms with Crippen LogP contribution < -0.4 is 15.0 Å². The van der Waals surface area contributed by atoms with Gasteiger partial charge >= 0.3 is 6.03 Å². The number of nitrogens with one attached hydrogen (secondary N) is 1. The predicted octanol–water partition coefficient (Wildman–Crippen LogP) is 1.36. The second-order valence-electron chi connectivity index (χ2n) is 6.55. The van der Waals surface area contributed by atoms with E-state index >= 15 is 0 Å². The number of hydrogen-bond donors (Lipinski definition) is 2. The van der Waals surface area contributed by atoms with E-state index in [1.54, 1.807) is 48.5 Å². The van der Waals surface area contributed by atoms with Gasteiger partial charge in [-0.2, -0.15) is 5.26 Å². The van der Waals surface area contributed by atoms with E-state index in [1.165, 1.54) is 9.80 Å². The number of rotatable bonds is 9. The maximum Gasteiger partial charge on any atom is 0.331 e. The molecule has 1 unspecified atom stereocenters. The number of nitrogens with zero attached hydrogens (tertiary/aromatic N) is 3. The van der Waals surface area contributed by atoms with Crippen molar-refractivity contribution in [3.63, 3.8) is 0 Å². The first-order valence-electron chi connectivity index (χ1n) is 9.27. The SMILES string of the molecule is N#Cc1ccccc1OCC(O)CNCCN1CC(=O)N(c2ccccc2)C1=O. The van der Waals surface area contributed by atoms with Crippen molar-refractivity contribution in [2.24, 2.45) is 0 Å². The lowest BCUT2D eigenvalue weighted by molar-refractivity contribution is -0.116. The molecule has 3 rings (SSSR count). The first kappa shape index (κ1) is 20.3. The monoisotopic (exact) mass is 394 g/mol. The highest BCUT2D eigenvalue weighted by Crippen LogP contribution is 2.20. The van der Waals surface area contributed by atoms with Gasteiger partial charge in [0, 0.05) is 19.6 Å². The van der Waals surface area contributed by atoms with Crippen LogP contribution in [-0.4, -0.2) is 60.8 Å². The Morgan fingerprint density at radius 3 is 2.62 bits per heavy atom. The Kier molecular flexibility index (Phi) is 6.79. The third-order valence-electron chi connectivity index (χ3n) is 4.43. The van der Waals surface area contributed by atoms with Gasteiger partial charge in [0.2, 0.25) is 0 Å². The summed E-state index contributed by atoms with van der Waals surface area (Å²) in [5.41, 5.74) is 0.969. The Morgan fingerprint density at radius 2 is 1.86 bits per heavy atom. The van der Waals surface area contributed by atoms with Crippen molar-refractivity contribution >= 4 is 17.6 Å². The van der Waals surface area contributed by atoms with Gasteiger partial charge in [0.05, 0.1) is 11.3 Å². The lowest BCUT2D eigenvalue weighted by Crippen LogP contribution is -2.39. The summed E-state index contributed by atoms with van der Waals surface area (Å²) < 4.78 is 5.49. The second kappa shape index (κ2) is 9.68. The van der Waals surface area contributed by atoms with Crippen molar-refractivity contribution in [1.82, 2.24) is 10.2 Å². The number of benzene rings is 2. The van der Waals surface area contributed by atoms with Crippen LogP contribution in [0.5, 0.6) is 5.75 Å². The molecule has 2 aromatic rings. The maximum atomic E-state index is 12.5. The summed E-state index contributed by atoms with van der Waals surface area (Å²) in [6, 6.07) is 17.3. The minimum absolute atomic E-state index is 0.0337. The van der Waals surface area contributed by atoms with Crippen LogP contribution >= 0.6 is 0 Å².